The first-order valence-corrected chi connectivity index (χ1v) is 7.48. The first-order valence-electron chi connectivity index (χ1n) is 7.48. The average molecular weight is 309 g/mol. The summed E-state index contributed by atoms with van der Waals surface area (Å²) in [6, 6.07) is 4.39. The summed E-state index contributed by atoms with van der Waals surface area (Å²) < 4.78 is 6.98. The van der Waals surface area contributed by atoms with E-state index in [1.807, 2.05) is 6.07 Å². The number of nitrogens with one attached hydrogen (secondary N) is 2. The van der Waals surface area contributed by atoms with Crippen molar-refractivity contribution in [3.05, 3.63) is 30.2 Å². The lowest BCUT2D eigenvalue weighted by Crippen LogP contribution is -2.28. The predicted octanol–water partition coefficient (Wildman–Crippen LogP) is 1.58. The quantitative estimate of drug-likeness (QED) is 0.761. The van der Waals surface area contributed by atoms with Crippen molar-refractivity contribution in [1.29, 1.82) is 5.26 Å². The fourth-order valence-electron chi connectivity index (χ4n) is 2.78. The summed E-state index contributed by atoms with van der Waals surface area (Å²) in [6.45, 7) is 1.50. The van der Waals surface area contributed by atoms with Crippen molar-refractivity contribution >= 4 is 11.6 Å². The third-order valence-electron chi connectivity index (χ3n) is 3.98. The van der Waals surface area contributed by atoms with Crippen molar-refractivity contribution in [2.45, 2.75) is 18.9 Å². The van der Waals surface area contributed by atoms with E-state index < -0.39 is 0 Å². The highest BCUT2D eigenvalue weighted by Crippen LogP contribution is 2.25. The van der Waals surface area contributed by atoms with Gasteiger partial charge in [-0.15, -0.1) is 5.10 Å². The van der Waals surface area contributed by atoms with Gasteiger partial charge in [-0.1, -0.05) is 0 Å². The van der Waals surface area contributed by atoms with Crippen LogP contribution >= 0.6 is 0 Å². The van der Waals surface area contributed by atoms with Crippen molar-refractivity contribution in [1.82, 2.24) is 24.8 Å². The van der Waals surface area contributed by atoms with E-state index in [-0.39, 0.29) is 0 Å². The fourth-order valence-corrected chi connectivity index (χ4v) is 2.78. The molecular formula is C15H15N7O. The number of pyridine rings is 1. The largest absolute Gasteiger partial charge is 0.381 e. The molecule has 0 radical (unpaired) electrons. The van der Waals surface area contributed by atoms with E-state index in [2.05, 4.69) is 31.7 Å². The number of hydrogen-bond donors (Lipinski definition) is 2. The van der Waals surface area contributed by atoms with Gasteiger partial charge in [-0.25, -0.2) is 4.52 Å². The molecule has 4 rings (SSSR count). The smallest absolute Gasteiger partial charge is 0.243 e. The standard InChI is InChI=1S/C15H15N7O/c16-7-13-12(10-8-17-18-9-10)1-4-22-14(13)20-15(21-22)19-11-2-5-23-6-3-11/h1,4,8-9,11H,2-3,5-6H2,(H,17,18)(H,19,21). The molecule has 0 aromatic carbocycles. The Hall–Kier alpha value is -2.92. The molecule has 8 nitrogen and oxygen atoms in total. The van der Waals surface area contributed by atoms with Gasteiger partial charge >= 0.3 is 0 Å². The number of anilines is 1. The van der Waals surface area contributed by atoms with Crippen LogP contribution in [0.1, 0.15) is 18.4 Å². The highest BCUT2D eigenvalue weighted by atomic mass is 16.5. The number of aromatic amines is 1. The number of ether oxygens (including phenoxy) is 1. The van der Waals surface area contributed by atoms with Gasteiger partial charge in [-0.05, 0) is 18.9 Å². The molecule has 0 unspecified atom stereocenters. The lowest BCUT2D eigenvalue weighted by Gasteiger charge is -2.22. The summed E-state index contributed by atoms with van der Waals surface area (Å²) in [5.41, 5.74) is 2.67. The third kappa shape index (κ3) is 2.51. The van der Waals surface area contributed by atoms with Crippen LogP contribution in [0.2, 0.25) is 0 Å². The zero-order valence-electron chi connectivity index (χ0n) is 12.4. The molecule has 0 spiro atoms. The highest BCUT2D eigenvalue weighted by Gasteiger charge is 2.18. The first-order chi connectivity index (χ1) is 11.3. The first kappa shape index (κ1) is 13.7. The van der Waals surface area contributed by atoms with E-state index in [0.29, 0.717) is 23.2 Å². The van der Waals surface area contributed by atoms with Crippen molar-refractivity contribution in [2.75, 3.05) is 18.5 Å². The second-order valence-electron chi connectivity index (χ2n) is 5.44. The van der Waals surface area contributed by atoms with Gasteiger partial charge in [0.05, 0.1) is 6.20 Å². The fraction of sp³-hybridized carbons (Fsp3) is 0.333. The van der Waals surface area contributed by atoms with Crippen molar-refractivity contribution in [3.8, 4) is 17.2 Å². The number of fused-ring (bicyclic) bond motifs is 1. The lowest BCUT2D eigenvalue weighted by atomic mass is 10.1. The van der Waals surface area contributed by atoms with Crippen LogP contribution in [0, 0.1) is 11.3 Å². The van der Waals surface area contributed by atoms with Crippen LogP contribution in [-0.4, -0.2) is 44.1 Å². The molecule has 1 aliphatic heterocycles. The minimum absolute atomic E-state index is 0.306. The van der Waals surface area contributed by atoms with E-state index >= 15 is 0 Å². The summed E-state index contributed by atoms with van der Waals surface area (Å²) in [6.07, 6.45) is 7.11. The Bertz CT molecular complexity index is 856. The van der Waals surface area contributed by atoms with Crippen LogP contribution in [0.3, 0.4) is 0 Å². The highest BCUT2D eigenvalue weighted by molar-refractivity contribution is 5.76. The SMILES string of the molecule is N#Cc1c(-c2cn[nH]c2)ccn2nc(NC3CCOCC3)nc12. The molecule has 0 aliphatic carbocycles. The van der Waals surface area contributed by atoms with Crippen molar-refractivity contribution < 1.29 is 4.74 Å². The van der Waals surface area contributed by atoms with Crippen LogP contribution in [0.25, 0.3) is 16.8 Å². The molecular weight excluding hydrogens is 294 g/mol. The summed E-state index contributed by atoms with van der Waals surface area (Å²) in [4.78, 5) is 4.49. The number of rotatable bonds is 3. The zero-order chi connectivity index (χ0) is 15.6. The summed E-state index contributed by atoms with van der Waals surface area (Å²) in [5, 5.41) is 24.0. The van der Waals surface area contributed by atoms with Gasteiger partial charge in [0, 0.05) is 42.8 Å². The monoisotopic (exact) mass is 309 g/mol. The molecule has 2 N–H and O–H groups in total. The van der Waals surface area contributed by atoms with E-state index in [9.17, 15) is 5.26 Å². The lowest BCUT2D eigenvalue weighted by molar-refractivity contribution is 0.0903. The van der Waals surface area contributed by atoms with Crippen molar-refractivity contribution in [3.63, 3.8) is 0 Å². The van der Waals surface area contributed by atoms with Gasteiger partial charge in [0.1, 0.15) is 11.6 Å². The van der Waals surface area contributed by atoms with Gasteiger partial charge in [0.15, 0.2) is 5.65 Å². The number of aromatic nitrogens is 5. The van der Waals surface area contributed by atoms with Gasteiger partial charge in [-0.2, -0.15) is 15.3 Å². The Morgan fingerprint density at radius 1 is 1.39 bits per heavy atom. The molecule has 0 amide bonds. The van der Waals surface area contributed by atoms with E-state index in [1.165, 1.54) is 0 Å². The van der Waals surface area contributed by atoms with Gasteiger partial charge in [-0.3, -0.25) is 5.10 Å². The normalized spacial score (nSPS) is 15.6. The molecule has 0 saturated carbocycles. The Morgan fingerprint density at radius 2 is 2.26 bits per heavy atom. The summed E-state index contributed by atoms with van der Waals surface area (Å²) in [7, 11) is 0. The maximum absolute atomic E-state index is 9.55. The molecule has 3 aromatic heterocycles. The molecule has 0 atom stereocenters. The van der Waals surface area contributed by atoms with E-state index in [0.717, 1.165) is 37.2 Å². The minimum atomic E-state index is 0.306. The van der Waals surface area contributed by atoms with Crippen LogP contribution in [-0.2, 0) is 4.74 Å². The Morgan fingerprint density at radius 3 is 3.00 bits per heavy atom. The molecule has 8 heteroatoms. The van der Waals surface area contributed by atoms with Crippen LogP contribution in [0.5, 0.6) is 0 Å². The maximum atomic E-state index is 9.55. The predicted molar refractivity (Wildman–Crippen MR) is 82.7 cm³/mol. The van der Waals surface area contributed by atoms with Crippen LogP contribution in [0.15, 0.2) is 24.7 Å². The maximum Gasteiger partial charge on any atom is 0.243 e. The van der Waals surface area contributed by atoms with Gasteiger partial charge < -0.3 is 10.1 Å². The third-order valence-corrected chi connectivity index (χ3v) is 3.98. The number of H-pyrrole nitrogens is 1. The molecule has 116 valence electrons. The molecule has 3 aromatic rings. The summed E-state index contributed by atoms with van der Waals surface area (Å²) in [5.74, 6) is 0.540. The Labute approximate surface area is 132 Å². The molecule has 1 aliphatic rings. The van der Waals surface area contributed by atoms with Gasteiger partial charge in [0.2, 0.25) is 5.95 Å². The number of nitriles is 1. The Balaban J connectivity index is 1.72. The molecule has 23 heavy (non-hydrogen) atoms. The second-order valence-corrected chi connectivity index (χ2v) is 5.44. The molecule has 1 saturated heterocycles. The second kappa shape index (κ2) is 5.70. The van der Waals surface area contributed by atoms with Crippen molar-refractivity contribution in [2.24, 2.45) is 0 Å². The van der Waals surface area contributed by atoms with E-state index in [1.54, 1.807) is 23.1 Å². The minimum Gasteiger partial charge on any atom is -0.381 e. The molecule has 0 bridgehead atoms. The average Bonchev–Trinajstić information content (AvgIpc) is 3.23. The Kier molecular flexibility index (Phi) is 3.40. The summed E-state index contributed by atoms with van der Waals surface area (Å²) >= 11 is 0. The molecule has 1 fully saturated rings. The van der Waals surface area contributed by atoms with E-state index in [4.69, 9.17) is 4.74 Å². The topological polar surface area (TPSA) is 104 Å². The number of nitrogens with zero attached hydrogens (tertiary/aromatic N) is 5. The van der Waals surface area contributed by atoms with Crippen LogP contribution < -0.4 is 5.32 Å². The zero-order valence-corrected chi connectivity index (χ0v) is 12.4. The van der Waals surface area contributed by atoms with Crippen LogP contribution in [0.4, 0.5) is 5.95 Å². The molecule has 4 heterocycles. The number of hydrogen-bond acceptors (Lipinski definition) is 6. The van der Waals surface area contributed by atoms with Gasteiger partial charge in [0.25, 0.3) is 0 Å².